The van der Waals surface area contributed by atoms with Crippen molar-refractivity contribution in [2.75, 3.05) is 19.7 Å². The Balaban J connectivity index is 1.63. The second-order valence-corrected chi connectivity index (χ2v) is 7.89. The molecule has 0 N–H and O–H groups in total. The number of aromatic nitrogens is 4. The van der Waals surface area contributed by atoms with Gasteiger partial charge in [0.1, 0.15) is 12.4 Å². The summed E-state index contributed by atoms with van der Waals surface area (Å²) in [5, 5.41) is 4.23. The molecule has 134 valence electrons. The van der Waals surface area contributed by atoms with Crippen molar-refractivity contribution in [2.24, 2.45) is 0 Å². The second-order valence-electron chi connectivity index (χ2n) is 6.06. The number of carbonyl (C=O) groups is 1. The minimum Gasteiger partial charge on any atom is -0.368 e. The third-order valence-electron chi connectivity index (χ3n) is 4.20. The molecule has 3 heterocycles. The van der Waals surface area contributed by atoms with E-state index in [1.165, 1.54) is 6.33 Å². The SMILES string of the molecule is Cc1cc(C2CN(C(=O)c3cc(Br)cc(Br)c3)CCO2)n2ncnc2n1. The lowest BCUT2D eigenvalue weighted by Gasteiger charge is -2.33. The van der Waals surface area contributed by atoms with Crippen molar-refractivity contribution in [1.29, 1.82) is 0 Å². The first-order valence-electron chi connectivity index (χ1n) is 8.05. The summed E-state index contributed by atoms with van der Waals surface area (Å²) in [7, 11) is 0. The van der Waals surface area contributed by atoms with E-state index < -0.39 is 0 Å². The molecule has 3 aromatic rings. The molecular weight excluding hydrogens is 466 g/mol. The molecule has 2 aromatic heterocycles. The topological polar surface area (TPSA) is 72.6 Å². The van der Waals surface area contributed by atoms with Crippen LogP contribution in [0.4, 0.5) is 0 Å². The summed E-state index contributed by atoms with van der Waals surface area (Å²) in [4.78, 5) is 23.3. The first-order valence-corrected chi connectivity index (χ1v) is 9.64. The molecule has 4 rings (SSSR count). The Morgan fingerprint density at radius 2 is 2.00 bits per heavy atom. The fourth-order valence-electron chi connectivity index (χ4n) is 3.06. The van der Waals surface area contributed by atoms with Gasteiger partial charge in [0.2, 0.25) is 0 Å². The monoisotopic (exact) mass is 479 g/mol. The second kappa shape index (κ2) is 7.05. The minimum absolute atomic E-state index is 0.0269. The van der Waals surface area contributed by atoms with Gasteiger partial charge in [0.25, 0.3) is 11.7 Å². The van der Waals surface area contributed by atoms with Crippen LogP contribution in [-0.2, 0) is 4.74 Å². The summed E-state index contributed by atoms with van der Waals surface area (Å²) in [5.41, 5.74) is 2.31. The Morgan fingerprint density at radius 1 is 1.23 bits per heavy atom. The predicted octanol–water partition coefficient (Wildman–Crippen LogP) is 3.17. The average molecular weight is 481 g/mol. The molecule has 0 bridgehead atoms. The van der Waals surface area contributed by atoms with Gasteiger partial charge in [-0.2, -0.15) is 14.6 Å². The molecule has 26 heavy (non-hydrogen) atoms. The lowest BCUT2D eigenvalue weighted by Crippen LogP contribution is -2.42. The van der Waals surface area contributed by atoms with Gasteiger partial charge in [-0.15, -0.1) is 0 Å². The number of amides is 1. The van der Waals surface area contributed by atoms with Crippen molar-refractivity contribution < 1.29 is 9.53 Å². The van der Waals surface area contributed by atoms with Crippen LogP contribution in [-0.4, -0.2) is 50.1 Å². The van der Waals surface area contributed by atoms with Crippen molar-refractivity contribution >= 4 is 43.5 Å². The first-order chi connectivity index (χ1) is 12.5. The van der Waals surface area contributed by atoms with Gasteiger partial charge in [0, 0.05) is 26.7 Å². The zero-order chi connectivity index (χ0) is 18.3. The molecule has 1 unspecified atom stereocenters. The largest absolute Gasteiger partial charge is 0.368 e. The van der Waals surface area contributed by atoms with E-state index >= 15 is 0 Å². The lowest BCUT2D eigenvalue weighted by molar-refractivity contribution is -0.0257. The van der Waals surface area contributed by atoms with Gasteiger partial charge in [-0.05, 0) is 31.2 Å². The van der Waals surface area contributed by atoms with E-state index in [0.717, 1.165) is 20.3 Å². The Morgan fingerprint density at radius 3 is 2.77 bits per heavy atom. The maximum absolute atomic E-state index is 12.9. The highest BCUT2D eigenvalue weighted by Gasteiger charge is 2.28. The van der Waals surface area contributed by atoms with Crippen molar-refractivity contribution in [3.05, 3.63) is 56.5 Å². The van der Waals surface area contributed by atoms with Crippen LogP contribution >= 0.6 is 31.9 Å². The number of benzene rings is 1. The van der Waals surface area contributed by atoms with E-state index in [2.05, 4.69) is 46.9 Å². The number of carbonyl (C=O) groups excluding carboxylic acids is 1. The van der Waals surface area contributed by atoms with E-state index in [1.54, 1.807) is 9.42 Å². The number of morpholine rings is 1. The van der Waals surface area contributed by atoms with Crippen LogP contribution in [0.15, 0.2) is 39.5 Å². The molecule has 0 aliphatic carbocycles. The summed E-state index contributed by atoms with van der Waals surface area (Å²) in [6, 6.07) is 7.48. The molecule has 1 fully saturated rings. The summed E-state index contributed by atoms with van der Waals surface area (Å²) in [6.45, 7) is 3.36. The molecule has 0 radical (unpaired) electrons. The number of nitrogens with zero attached hydrogens (tertiary/aromatic N) is 5. The van der Waals surface area contributed by atoms with Crippen LogP contribution < -0.4 is 0 Å². The standard InChI is InChI=1S/C17H15Br2N5O2/c1-10-4-14(24-17(22-10)20-9-21-24)15-8-23(2-3-26-15)16(25)11-5-12(18)7-13(19)6-11/h4-7,9,15H,2-3,8H2,1H3. The van der Waals surface area contributed by atoms with Crippen LogP contribution in [0.2, 0.25) is 0 Å². The van der Waals surface area contributed by atoms with Gasteiger partial charge in [0.15, 0.2) is 0 Å². The molecule has 0 saturated carbocycles. The van der Waals surface area contributed by atoms with Crippen LogP contribution in [0.3, 0.4) is 0 Å². The highest BCUT2D eigenvalue weighted by molar-refractivity contribution is 9.11. The van der Waals surface area contributed by atoms with E-state index in [1.807, 2.05) is 31.2 Å². The van der Waals surface area contributed by atoms with Gasteiger partial charge in [-0.25, -0.2) is 4.98 Å². The first kappa shape index (κ1) is 17.6. The van der Waals surface area contributed by atoms with Gasteiger partial charge in [-0.1, -0.05) is 31.9 Å². The van der Waals surface area contributed by atoms with Gasteiger partial charge in [0.05, 0.1) is 18.8 Å². The van der Waals surface area contributed by atoms with Gasteiger partial charge < -0.3 is 9.64 Å². The quantitative estimate of drug-likeness (QED) is 0.563. The summed E-state index contributed by atoms with van der Waals surface area (Å²) < 4.78 is 9.31. The lowest BCUT2D eigenvalue weighted by atomic mass is 10.1. The van der Waals surface area contributed by atoms with Crippen LogP contribution in [0.25, 0.3) is 5.78 Å². The van der Waals surface area contributed by atoms with Gasteiger partial charge >= 0.3 is 0 Å². The Hall–Kier alpha value is -1.84. The van der Waals surface area contributed by atoms with E-state index in [4.69, 9.17) is 4.74 Å². The zero-order valence-corrected chi connectivity index (χ0v) is 17.1. The molecular formula is C17H15Br2N5O2. The highest BCUT2D eigenvalue weighted by Crippen LogP contribution is 2.26. The molecule has 1 aliphatic rings. The molecule has 0 spiro atoms. The fourth-order valence-corrected chi connectivity index (χ4v) is 4.35. The molecule has 1 aliphatic heterocycles. The summed E-state index contributed by atoms with van der Waals surface area (Å²) in [6.07, 6.45) is 1.19. The Bertz CT molecular complexity index is 970. The number of ether oxygens (including phenoxy) is 1. The molecule has 7 nitrogen and oxygen atoms in total. The van der Waals surface area contributed by atoms with Crippen LogP contribution in [0.1, 0.15) is 27.8 Å². The molecule has 1 aromatic carbocycles. The maximum Gasteiger partial charge on any atom is 0.254 e. The fraction of sp³-hybridized carbons (Fsp3) is 0.294. The molecule has 1 amide bonds. The van der Waals surface area contributed by atoms with E-state index in [0.29, 0.717) is 31.0 Å². The minimum atomic E-state index is -0.283. The van der Waals surface area contributed by atoms with Crippen molar-refractivity contribution in [1.82, 2.24) is 24.5 Å². The smallest absolute Gasteiger partial charge is 0.254 e. The van der Waals surface area contributed by atoms with Crippen LogP contribution in [0.5, 0.6) is 0 Å². The van der Waals surface area contributed by atoms with E-state index in [9.17, 15) is 4.79 Å². The average Bonchev–Trinajstić information content (AvgIpc) is 3.08. The molecule has 9 heteroatoms. The summed E-state index contributed by atoms with van der Waals surface area (Å²) >= 11 is 6.87. The van der Waals surface area contributed by atoms with Gasteiger partial charge in [-0.3, -0.25) is 4.79 Å². The Kier molecular flexibility index (Phi) is 4.76. The third kappa shape index (κ3) is 3.38. The maximum atomic E-state index is 12.9. The normalized spacial score (nSPS) is 17.7. The number of hydrogen-bond acceptors (Lipinski definition) is 5. The van der Waals surface area contributed by atoms with Crippen LogP contribution in [0, 0.1) is 6.92 Å². The number of hydrogen-bond donors (Lipinski definition) is 0. The molecule has 1 saturated heterocycles. The van der Waals surface area contributed by atoms with Crippen molar-refractivity contribution in [2.45, 2.75) is 13.0 Å². The number of halogens is 2. The summed E-state index contributed by atoms with van der Waals surface area (Å²) in [5.74, 6) is 0.504. The Labute approximate surface area is 166 Å². The van der Waals surface area contributed by atoms with E-state index in [-0.39, 0.29) is 12.0 Å². The highest BCUT2D eigenvalue weighted by atomic mass is 79.9. The molecule has 1 atom stereocenters. The van der Waals surface area contributed by atoms with Crippen molar-refractivity contribution in [3.8, 4) is 0 Å². The zero-order valence-electron chi connectivity index (χ0n) is 13.9. The number of aryl methyl sites for hydroxylation is 1. The number of rotatable bonds is 2. The third-order valence-corrected chi connectivity index (χ3v) is 5.12. The van der Waals surface area contributed by atoms with Crippen molar-refractivity contribution in [3.63, 3.8) is 0 Å². The number of fused-ring (bicyclic) bond motifs is 1. The predicted molar refractivity (Wildman–Crippen MR) is 102 cm³/mol.